The second kappa shape index (κ2) is 5.45. The summed E-state index contributed by atoms with van der Waals surface area (Å²) in [6, 6.07) is 9.38. The van der Waals surface area contributed by atoms with Gasteiger partial charge in [-0.3, -0.25) is 4.79 Å². The molecule has 5 heteroatoms. The minimum Gasteiger partial charge on any atom is -0.455 e. The van der Waals surface area contributed by atoms with Crippen LogP contribution in [0.25, 0.3) is 0 Å². The Morgan fingerprint density at radius 1 is 1.30 bits per heavy atom. The zero-order valence-corrected chi connectivity index (χ0v) is 11.8. The summed E-state index contributed by atoms with van der Waals surface area (Å²) >= 11 is 0. The van der Waals surface area contributed by atoms with Crippen LogP contribution in [-0.2, 0) is 14.3 Å². The van der Waals surface area contributed by atoms with Gasteiger partial charge < -0.3 is 4.74 Å². The number of ether oxygens (including phenoxy) is 1. The minimum absolute atomic E-state index is 0.197. The van der Waals surface area contributed by atoms with Gasteiger partial charge in [0.25, 0.3) is 0 Å². The number of benzene rings is 1. The van der Waals surface area contributed by atoms with E-state index in [1.165, 1.54) is 0 Å². The molecule has 5 nitrogen and oxygen atoms in total. The van der Waals surface area contributed by atoms with Crippen molar-refractivity contribution < 1.29 is 14.3 Å². The van der Waals surface area contributed by atoms with E-state index in [0.29, 0.717) is 0 Å². The van der Waals surface area contributed by atoms with E-state index in [1.807, 2.05) is 30.3 Å². The zero-order valence-electron chi connectivity index (χ0n) is 11.8. The predicted molar refractivity (Wildman–Crippen MR) is 75.2 cm³/mol. The van der Waals surface area contributed by atoms with Crippen LogP contribution < -0.4 is 5.43 Å². The van der Waals surface area contributed by atoms with Crippen molar-refractivity contribution in [3.63, 3.8) is 0 Å². The van der Waals surface area contributed by atoms with Crippen molar-refractivity contribution in [1.82, 2.24) is 5.43 Å². The van der Waals surface area contributed by atoms with Gasteiger partial charge in [0.05, 0.1) is 0 Å². The quantitative estimate of drug-likeness (QED) is 0.839. The second-order valence-electron chi connectivity index (χ2n) is 5.70. The highest BCUT2D eigenvalue weighted by atomic mass is 16.6. The molecule has 0 saturated heterocycles. The molecule has 106 valence electrons. The second-order valence-corrected chi connectivity index (χ2v) is 5.70. The van der Waals surface area contributed by atoms with Crippen LogP contribution in [0.2, 0.25) is 0 Å². The summed E-state index contributed by atoms with van der Waals surface area (Å²) in [7, 11) is 0. The van der Waals surface area contributed by atoms with Crippen LogP contribution in [0, 0.1) is 0 Å². The van der Waals surface area contributed by atoms with Crippen LogP contribution in [-0.4, -0.2) is 23.2 Å². The Morgan fingerprint density at radius 3 is 2.55 bits per heavy atom. The first-order valence-electron chi connectivity index (χ1n) is 6.51. The minimum atomic E-state index is -0.595. The number of carbonyl (C=O) groups excluding carboxylic acids is 2. The summed E-state index contributed by atoms with van der Waals surface area (Å²) in [6.45, 7) is 5.39. The maximum absolute atomic E-state index is 12.2. The molecule has 0 bridgehead atoms. The first kappa shape index (κ1) is 14.2. The summed E-state index contributed by atoms with van der Waals surface area (Å²) in [5.41, 5.74) is 2.87. The lowest BCUT2D eigenvalue weighted by atomic mass is 9.89. The van der Waals surface area contributed by atoms with E-state index in [9.17, 15) is 9.59 Å². The number of hydrogen-bond acceptors (Lipinski definition) is 4. The molecule has 2 rings (SSSR count). The van der Waals surface area contributed by atoms with Crippen molar-refractivity contribution in [1.29, 1.82) is 0 Å². The van der Waals surface area contributed by atoms with E-state index in [4.69, 9.17) is 4.74 Å². The van der Waals surface area contributed by atoms with Gasteiger partial charge >= 0.3 is 5.97 Å². The summed E-state index contributed by atoms with van der Waals surface area (Å²) in [5, 5.41) is 3.89. The van der Waals surface area contributed by atoms with Gasteiger partial charge in [0, 0.05) is 12.3 Å². The van der Waals surface area contributed by atoms with Crippen molar-refractivity contribution >= 4 is 17.6 Å². The molecule has 1 aliphatic heterocycles. The Morgan fingerprint density at radius 2 is 1.95 bits per heavy atom. The van der Waals surface area contributed by atoms with Crippen molar-refractivity contribution in [3.8, 4) is 0 Å². The molecule has 1 aliphatic rings. The van der Waals surface area contributed by atoms with E-state index < -0.39 is 11.6 Å². The Labute approximate surface area is 118 Å². The molecule has 0 fully saturated rings. The van der Waals surface area contributed by atoms with E-state index in [0.717, 1.165) is 5.56 Å². The van der Waals surface area contributed by atoms with Gasteiger partial charge in [-0.15, -0.1) is 0 Å². The number of hydrogen-bond donors (Lipinski definition) is 1. The summed E-state index contributed by atoms with van der Waals surface area (Å²) in [4.78, 5) is 23.7. The third-order valence-electron chi connectivity index (χ3n) is 2.83. The lowest BCUT2D eigenvalue weighted by Crippen LogP contribution is -2.39. The van der Waals surface area contributed by atoms with Crippen LogP contribution in [0.15, 0.2) is 35.4 Å². The highest BCUT2D eigenvalue weighted by Crippen LogP contribution is 2.25. The number of rotatable bonds is 2. The van der Waals surface area contributed by atoms with Crippen LogP contribution in [0.1, 0.15) is 38.7 Å². The Bertz CT molecular complexity index is 544. The summed E-state index contributed by atoms with van der Waals surface area (Å²) in [6.07, 6.45) is 0.197. The van der Waals surface area contributed by atoms with Gasteiger partial charge in [-0.1, -0.05) is 30.3 Å². The van der Waals surface area contributed by atoms with Gasteiger partial charge in [0.15, 0.2) is 5.71 Å². The summed E-state index contributed by atoms with van der Waals surface area (Å²) in [5.74, 6) is -1.06. The lowest BCUT2D eigenvalue weighted by Gasteiger charge is -2.25. The fourth-order valence-electron chi connectivity index (χ4n) is 2.01. The Hall–Kier alpha value is -2.17. The maximum Gasteiger partial charge on any atom is 0.355 e. The number of carbonyl (C=O) groups is 2. The predicted octanol–water partition coefficient (Wildman–Crippen LogP) is 1.99. The Kier molecular flexibility index (Phi) is 3.88. The number of esters is 1. The van der Waals surface area contributed by atoms with E-state index >= 15 is 0 Å². The van der Waals surface area contributed by atoms with Crippen LogP contribution in [0.3, 0.4) is 0 Å². The number of nitrogens with one attached hydrogen (secondary N) is 1. The molecule has 1 amide bonds. The van der Waals surface area contributed by atoms with Gasteiger partial charge in [0.2, 0.25) is 5.91 Å². The molecule has 1 atom stereocenters. The van der Waals surface area contributed by atoms with E-state index in [1.54, 1.807) is 20.8 Å². The molecule has 20 heavy (non-hydrogen) atoms. The largest absolute Gasteiger partial charge is 0.455 e. The van der Waals surface area contributed by atoms with Gasteiger partial charge in [-0.05, 0) is 26.3 Å². The van der Waals surface area contributed by atoms with Crippen molar-refractivity contribution in [2.45, 2.75) is 38.7 Å². The molecule has 1 unspecified atom stereocenters. The van der Waals surface area contributed by atoms with Crippen molar-refractivity contribution in [2.75, 3.05) is 0 Å². The molecule has 1 aromatic rings. The molecule has 0 spiro atoms. The third-order valence-corrected chi connectivity index (χ3v) is 2.83. The van der Waals surface area contributed by atoms with Gasteiger partial charge in [0.1, 0.15) is 5.60 Å². The highest BCUT2D eigenvalue weighted by molar-refractivity contribution is 6.39. The molecule has 0 aromatic heterocycles. The lowest BCUT2D eigenvalue weighted by molar-refractivity contribution is -0.146. The molecule has 0 saturated carbocycles. The standard InChI is InChI=1S/C15H18N2O3/c1-15(2,3)20-14(19)13-11(9-12(18)16-17-13)10-7-5-4-6-8-10/h4-8,11H,9H2,1-3H3,(H,16,18). The van der Waals surface area contributed by atoms with Crippen LogP contribution in [0.5, 0.6) is 0 Å². The monoisotopic (exact) mass is 274 g/mol. The molecular weight excluding hydrogens is 256 g/mol. The van der Waals surface area contributed by atoms with E-state index in [2.05, 4.69) is 10.5 Å². The average molecular weight is 274 g/mol. The fraction of sp³-hybridized carbons (Fsp3) is 0.400. The van der Waals surface area contributed by atoms with E-state index in [-0.39, 0.29) is 24.0 Å². The van der Waals surface area contributed by atoms with Crippen molar-refractivity contribution in [3.05, 3.63) is 35.9 Å². The molecule has 1 aromatic carbocycles. The first-order valence-corrected chi connectivity index (χ1v) is 6.51. The fourth-order valence-corrected chi connectivity index (χ4v) is 2.01. The zero-order chi connectivity index (χ0) is 14.8. The average Bonchev–Trinajstić information content (AvgIpc) is 2.37. The smallest absolute Gasteiger partial charge is 0.355 e. The highest BCUT2D eigenvalue weighted by Gasteiger charge is 2.33. The molecule has 1 N–H and O–H groups in total. The molecule has 0 radical (unpaired) electrons. The maximum atomic E-state index is 12.2. The number of nitrogens with zero attached hydrogens (tertiary/aromatic N) is 1. The molecule has 1 heterocycles. The van der Waals surface area contributed by atoms with Crippen LogP contribution in [0.4, 0.5) is 0 Å². The summed E-state index contributed by atoms with van der Waals surface area (Å²) < 4.78 is 5.34. The van der Waals surface area contributed by atoms with Crippen LogP contribution >= 0.6 is 0 Å². The molecule has 0 aliphatic carbocycles. The van der Waals surface area contributed by atoms with Gasteiger partial charge in [-0.2, -0.15) is 5.10 Å². The Balaban J connectivity index is 2.29. The number of hydrazone groups is 1. The number of amides is 1. The normalized spacial score (nSPS) is 19.1. The van der Waals surface area contributed by atoms with Gasteiger partial charge in [-0.25, -0.2) is 10.2 Å². The topological polar surface area (TPSA) is 67.8 Å². The third kappa shape index (κ3) is 3.44. The SMILES string of the molecule is CC(C)(C)OC(=O)C1=NNC(=O)CC1c1ccccc1. The van der Waals surface area contributed by atoms with Crippen molar-refractivity contribution in [2.24, 2.45) is 5.10 Å². The molecular formula is C15H18N2O3. The first-order chi connectivity index (χ1) is 9.37.